The van der Waals surface area contributed by atoms with E-state index in [4.69, 9.17) is 4.74 Å². The molecule has 3 aromatic rings. The molecule has 1 saturated heterocycles. The van der Waals surface area contributed by atoms with E-state index in [2.05, 4.69) is 56.3 Å². The van der Waals surface area contributed by atoms with Crippen molar-refractivity contribution in [3.8, 4) is 11.1 Å². The lowest BCUT2D eigenvalue weighted by Gasteiger charge is -2.33. The Kier molecular flexibility index (Phi) is 5.16. The van der Waals surface area contributed by atoms with Crippen molar-refractivity contribution < 1.29 is 4.74 Å². The Bertz CT molecular complexity index is 890. The first-order chi connectivity index (χ1) is 13.2. The van der Waals surface area contributed by atoms with Gasteiger partial charge in [-0.05, 0) is 25.3 Å². The average Bonchev–Trinajstić information content (AvgIpc) is 3.19. The third-order valence-electron chi connectivity index (χ3n) is 5.19. The Hall–Kier alpha value is -2.73. The number of benzene rings is 1. The number of ether oxygens (including phenoxy) is 1. The highest BCUT2D eigenvalue weighted by molar-refractivity contribution is 5.66. The first-order valence-corrected chi connectivity index (χ1v) is 9.39. The maximum absolute atomic E-state index is 5.20. The van der Waals surface area contributed by atoms with Crippen LogP contribution in [0.15, 0.2) is 42.9 Å². The summed E-state index contributed by atoms with van der Waals surface area (Å²) in [5.74, 6) is 1.37. The van der Waals surface area contributed by atoms with E-state index in [0.29, 0.717) is 12.5 Å². The molecule has 3 heterocycles. The number of hydrogen-bond donors (Lipinski definition) is 1. The molecule has 0 spiro atoms. The van der Waals surface area contributed by atoms with Crippen molar-refractivity contribution >= 4 is 5.82 Å². The minimum Gasteiger partial charge on any atom is -0.378 e. The van der Waals surface area contributed by atoms with Crippen LogP contribution in [0.2, 0.25) is 0 Å². The van der Waals surface area contributed by atoms with Gasteiger partial charge in [-0.3, -0.25) is 5.10 Å². The minimum atomic E-state index is 0.401. The Morgan fingerprint density at radius 1 is 1.22 bits per heavy atom. The summed E-state index contributed by atoms with van der Waals surface area (Å²) in [6, 6.07) is 10.7. The summed E-state index contributed by atoms with van der Waals surface area (Å²) in [4.78, 5) is 11.1. The molecule has 27 heavy (non-hydrogen) atoms. The normalized spacial score (nSPS) is 17.3. The van der Waals surface area contributed by atoms with Gasteiger partial charge >= 0.3 is 0 Å². The first kappa shape index (κ1) is 17.7. The minimum absolute atomic E-state index is 0.401. The van der Waals surface area contributed by atoms with Crippen LogP contribution < -0.4 is 4.90 Å². The second-order valence-corrected chi connectivity index (χ2v) is 7.15. The van der Waals surface area contributed by atoms with E-state index >= 15 is 0 Å². The molecule has 0 amide bonds. The number of piperidine rings is 1. The number of anilines is 1. The average molecular weight is 363 g/mol. The fraction of sp³-hybridized carbons (Fsp3) is 0.381. The Morgan fingerprint density at radius 3 is 2.89 bits per heavy atom. The maximum atomic E-state index is 5.20. The van der Waals surface area contributed by atoms with Gasteiger partial charge in [0.15, 0.2) is 0 Å². The predicted octanol–water partition coefficient (Wildman–Crippen LogP) is 3.71. The molecule has 0 aliphatic carbocycles. The Morgan fingerprint density at radius 2 is 2.07 bits per heavy atom. The Labute approximate surface area is 159 Å². The fourth-order valence-electron chi connectivity index (χ4n) is 3.78. The number of nitrogens with one attached hydrogen (secondary N) is 1. The second kappa shape index (κ2) is 7.88. The number of nitrogens with zero attached hydrogens (tertiary/aromatic N) is 4. The van der Waals surface area contributed by atoms with E-state index in [1.54, 1.807) is 13.4 Å². The van der Waals surface area contributed by atoms with Gasteiger partial charge < -0.3 is 9.64 Å². The molecule has 6 heteroatoms. The van der Waals surface area contributed by atoms with E-state index in [-0.39, 0.29) is 0 Å². The molecule has 1 unspecified atom stereocenters. The van der Waals surface area contributed by atoms with Gasteiger partial charge in [0, 0.05) is 43.4 Å². The highest BCUT2D eigenvalue weighted by atomic mass is 16.5. The lowest BCUT2D eigenvalue weighted by atomic mass is 9.90. The number of methoxy groups -OCH3 is 1. The van der Waals surface area contributed by atoms with E-state index in [9.17, 15) is 0 Å². The lowest BCUT2D eigenvalue weighted by Crippen LogP contribution is -2.35. The standard InChI is InChI=1S/C21H25N5O/c1-15-5-7-16(8-6-15)19-11-24-25-21(19)17-4-3-9-26(12-17)20-10-18(13-27-2)22-14-23-20/h5-8,10-11,14,17H,3-4,9,12-13H2,1-2H3,(H,24,25). The molecule has 1 fully saturated rings. The quantitative estimate of drug-likeness (QED) is 0.748. The number of hydrogen-bond acceptors (Lipinski definition) is 5. The topological polar surface area (TPSA) is 66.9 Å². The molecule has 140 valence electrons. The number of rotatable bonds is 5. The molecule has 1 N–H and O–H groups in total. The molecule has 1 aromatic carbocycles. The summed E-state index contributed by atoms with van der Waals surface area (Å²) in [6.07, 6.45) is 5.84. The largest absolute Gasteiger partial charge is 0.378 e. The van der Waals surface area contributed by atoms with Gasteiger partial charge in [0.1, 0.15) is 12.1 Å². The molecule has 4 rings (SSSR count). The summed E-state index contributed by atoms with van der Waals surface area (Å²) in [5.41, 5.74) is 5.81. The maximum Gasteiger partial charge on any atom is 0.132 e. The Balaban J connectivity index is 1.57. The number of aromatic nitrogens is 4. The van der Waals surface area contributed by atoms with Crippen molar-refractivity contribution in [2.24, 2.45) is 0 Å². The van der Waals surface area contributed by atoms with Crippen LogP contribution in [0.1, 0.15) is 35.7 Å². The van der Waals surface area contributed by atoms with Crippen molar-refractivity contribution in [3.05, 3.63) is 59.8 Å². The van der Waals surface area contributed by atoms with Crippen molar-refractivity contribution in [1.29, 1.82) is 0 Å². The van der Waals surface area contributed by atoms with Crippen molar-refractivity contribution in [1.82, 2.24) is 20.2 Å². The van der Waals surface area contributed by atoms with Crippen molar-refractivity contribution in [3.63, 3.8) is 0 Å². The summed E-state index contributed by atoms with van der Waals surface area (Å²) >= 11 is 0. The smallest absolute Gasteiger partial charge is 0.132 e. The third-order valence-corrected chi connectivity index (χ3v) is 5.19. The highest BCUT2D eigenvalue weighted by Crippen LogP contribution is 2.34. The first-order valence-electron chi connectivity index (χ1n) is 9.39. The molecule has 6 nitrogen and oxygen atoms in total. The molecule has 0 saturated carbocycles. The second-order valence-electron chi connectivity index (χ2n) is 7.15. The van der Waals surface area contributed by atoms with E-state index < -0.39 is 0 Å². The number of H-pyrrole nitrogens is 1. The van der Waals surface area contributed by atoms with Gasteiger partial charge in [0.25, 0.3) is 0 Å². The third kappa shape index (κ3) is 3.85. The molecular weight excluding hydrogens is 338 g/mol. The van der Waals surface area contributed by atoms with Crippen LogP contribution in [-0.4, -0.2) is 40.4 Å². The molecule has 1 aliphatic heterocycles. The zero-order valence-corrected chi connectivity index (χ0v) is 15.9. The van der Waals surface area contributed by atoms with Crippen LogP contribution in [0.25, 0.3) is 11.1 Å². The van der Waals surface area contributed by atoms with Gasteiger partial charge in [0.2, 0.25) is 0 Å². The van der Waals surface area contributed by atoms with Gasteiger partial charge in [-0.25, -0.2) is 9.97 Å². The molecular formula is C21H25N5O. The van der Waals surface area contributed by atoms with E-state index in [1.165, 1.54) is 22.4 Å². The van der Waals surface area contributed by atoms with Gasteiger partial charge in [-0.2, -0.15) is 5.10 Å². The highest BCUT2D eigenvalue weighted by Gasteiger charge is 2.26. The molecule has 0 radical (unpaired) electrons. The summed E-state index contributed by atoms with van der Waals surface area (Å²) < 4.78 is 5.20. The SMILES string of the molecule is COCc1cc(N2CCCC(c3[nH]ncc3-c3ccc(C)cc3)C2)ncn1. The van der Waals surface area contributed by atoms with Crippen molar-refractivity contribution in [2.45, 2.75) is 32.3 Å². The van der Waals surface area contributed by atoms with Crippen LogP contribution >= 0.6 is 0 Å². The fourth-order valence-corrected chi connectivity index (χ4v) is 3.78. The number of aryl methyl sites for hydroxylation is 1. The molecule has 2 aromatic heterocycles. The van der Waals surface area contributed by atoms with Gasteiger partial charge in [0.05, 0.1) is 18.5 Å². The van der Waals surface area contributed by atoms with Crippen LogP contribution in [0.5, 0.6) is 0 Å². The van der Waals surface area contributed by atoms with E-state index in [0.717, 1.165) is 37.4 Å². The predicted molar refractivity (Wildman–Crippen MR) is 106 cm³/mol. The summed E-state index contributed by atoms with van der Waals surface area (Å²) in [6.45, 7) is 4.54. The van der Waals surface area contributed by atoms with Gasteiger partial charge in [-0.15, -0.1) is 0 Å². The van der Waals surface area contributed by atoms with Crippen LogP contribution in [0.3, 0.4) is 0 Å². The molecule has 1 atom stereocenters. The van der Waals surface area contributed by atoms with E-state index in [1.807, 2.05) is 12.3 Å². The van der Waals surface area contributed by atoms with Crippen LogP contribution in [0, 0.1) is 6.92 Å². The summed E-state index contributed by atoms with van der Waals surface area (Å²) in [5, 5.41) is 7.61. The summed E-state index contributed by atoms with van der Waals surface area (Å²) in [7, 11) is 1.68. The zero-order valence-electron chi connectivity index (χ0n) is 15.9. The van der Waals surface area contributed by atoms with Crippen LogP contribution in [-0.2, 0) is 11.3 Å². The van der Waals surface area contributed by atoms with Crippen LogP contribution in [0.4, 0.5) is 5.82 Å². The molecule has 0 bridgehead atoms. The zero-order chi connectivity index (χ0) is 18.6. The van der Waals surface area contributed by atoms with Crippen molar-refractivity contribution in [2.75, 3.05) is 25.1 Å². The lowest BCUT2D eigenvalue weighted by molar-refractivity contribution is 0.181. The monoisotopic (exact) mass is 363 g/mol. The van der Waals surface area contributed by atoms with Gasteiger partial charge in [-0.1, -0.05) is 29.8 Å². The molecule has 1 aliphatic rings. The number of aromatic amines is 1.